The molecule has 1 aliphatic heterocycles. The van der Waals surface area contributed by atoms with Gasteiger partial charge in [-0.1, -0.05) is 18.2 Å². The number of nitrogens with one attached hydrogen (secondary N) is 1. The molecular formula is C17H25NO2. The molecule has 1 unspecified atom stereocenters. The highest BCUT2D eigenvalue weighted by molar-refractivity contribution is 5.45. The molecule has 0 bridgehead atoms. The van der Waals surface area contributed by atoms with E-state index < -0.39 is 5.60 Å². The number of rotatable bonds is 3. The number of aliphatic hydroxyl groups is 2. The van der Waals surface area contributed by atoms with Crippen molar-refractivity contribution in [2.75, 3.05) is 13.2 Å². The fourth-order valence-corrected chi connectivity index (χ4v) is 3.77. The largest absolute Gasteiger partial charge is 0.394 e. The summed E-state index contributed by atoms with van der Waals surface area (Å²) < 4.78 is 0. The summed E-state index contributed by atoms with van der Waals surface area (Å²) in [6.07, 6.45) is 2.08. The summed E-state index contributed by atoms with van der Waals surface area (Å²) >= 11 is 0. The van der Waals surface area contributed by atoms with Crippen LogP contribution in [0.3, 0.4) is 0 Å². The monoisotopic (exact) mass is 275 g/mol. The molecule has 3 nitrogen and oxygen atoms in total. The standard InChI is InChI=1S/C17H25NO2/c1-16(2,20)15-9-13(15)11-5-4-6-14-12(11)7-8-18-17(14,3)10-19/h4-6,13,15,18-20H,7-10H2,1-3H3/t13-,15+,17?/m0/s1. The molecule has 0 aromatic heterocycles. The van der Waals surface area contributed by atoms with Crippen molar-refractivity contribution in [1.82, 2.24) is 5.32 Å². The van der Waals surface area contributed by atoms with Crippen molar-refractivity contribution in [1.29, 1.82) is 0 Å². The maximum Gasteiger partial charge on any atom is 0.0652 e. The van der Waals surface area contributed by atoms with E-state index in [1.165, 1.54) is 16.7 Å². The minimum atomic E-state index is -0.597. The van der Waals surface area contributed by atoms with Gasteiger partial charge in [-0.25, -0.2) is 0 Å². The highest BCUT2D eigenvalue weighted by atomic mass is 16.3. The van der Waals surface area contributed by atoms with E-state index in [1.54, 1.807) is 0 Å². The molecule has 0 amide bonds. The Kier molecular flexibility index (Phi) is 3.20. The van der Waals surface area contributed by atoms with Gasteiger partial charge in [-0.2, -0.15) is 0 Å². The first kappa shape index (κ1) is 14.1. The van der Waals surface area contributed by atoms with E-state index in [9.17, 15) is 10.2 Å². The fourth-order valence-electron chi connectivity index (χ4n) is 3.77. The maximum absolute atomic E-state index is 10.2. The number of aliphatic hydroxyl groups excluding tert-OH is 1. The van der Waals surface area contributed by atoms with Crippen molar-refractivity contribution < 1.29 is 10.2 Å². The van der Waals surface area contributed by atoms with E-state index in [4.69, 9.17) is 0 Å². The van der Waals surface area contributed by atoms with Crippen LogP contribution in [0.1, 0.15) is 49.8 Å². The lowest BCUT2D eigenvalue weighted by atomic mass is 9.80. The van der Waals surface area contributed by atoms with Crippen molar-refractivity contribution in [3.05, 3.63) is 34.9 Å². The first-order chi connectivity index (χ1) is 9.37. The molecule has 0 saturated heterocycles. The third kappa shape index (κ3) is 2.18. The van der Waals surface area contributed by atoms with Crippen molar-refractivity contribution in [2.24, 2.45) is 5.92 Å². The molecule has 3 rings (SSSR count). The van der Waals surface area contributed by atoms with Gasteiger partial charge < -0.3 is 15.5 Å². The SMILES string of the molecule is CC1(CO)NCCc2c([C@@H]3C[C@H]3C(C)(C)O)cccc21. The molecule has 1 fully saturated rings. The molecule has 1 aliphatic carbocycles. The quantitative estimate of drug-likeness (QED) is 0.790. The van der Waals surface area contributed by atoms with Crippen LogP contribution in [0.25, 0.3) is 0 Å². The van der Waals surface area contributed by atoms with E-state index in [-0.39, 0.29) is 12.1 Å². The Hall–Kier alpha value is -0.900. The van der Waals surface area contributed by atoms with Crippen LogP contribution in [0.15, 0.2) is 18.2 Å². The van der Waals surface area contributed by atoms with Gasteiger partial charge in [0.25, 0.3) is 0 Å². The molecule has 1 saturated carbocycles. The second-order valence-electron chi connectivity index (χ2n) is 7.14. The van der Waals surface area contributed by atoms with Gasteiger partial charge in [0.15, 0.2) is 0 Å². The van der Waals surface area contributed by atoms with E-state index >= 15 is 0 Å². The summed E-state index contributed by atoms with van der Waals surface area (Å²) in [7, 11) is 0. The van der Waals surface area contributed by atoms with Crippen LogP contribution in [0, 0.1) is 5.92 Å². The Morgan fingerprint density at radius 3 is 2.75 bits per heavy atom. The summed E-state index contributed by atoms with van der Waals surface area (Å²) in [5.41, 5.74) is 3.07. The normalized spacial score (nSPS) is 32.9. The second-order valence-corrected chi connectivity index (χ2v) is 7.14. The van der Waals surface area contributed by atoms with Gasteiger partial charge in [0.05, 0.1) is 17.7 Å². The predicted octanol–water partition coefficient (Wildman–Crippen LogP) is 1.91. The molecule has 3 heteroatoms. The van der Waals surface area contributed by atoms with E-state index in [0.717, 1.165) is 19.4 Å². The summed E-state index contributed by atoms with van der Waals surface area (Å²) in [4.78, 5) is 0. The molecule has 1 aromatic carbocycles. The Balaban J connectivity index is 1.98. The average Bonchev–Trinajstić information content (AvgIpc) is 3.19. The summed E-state index contributed by atoms with van der Waals surface area (Å²) in [6.45, 7) is 6.90. The topological polar surface area (TPSA) is 52.5 Å². The van der Waals surface area contributed by atoms with Gasteiger partial charge >= 0.3 is 0 Å². The molecular weight excluding hydrogens is 250 g/mol. The first-order valence-electron chi connectivity index (χ1n) is 7.57. The smallest absolute Gasteiger partial charge is 0.0652 e. The Morgan fingerprint density at radius 2 is 2.15 bits per heavy atom. The van der Waals surface area contributed by atoms with Gasteiger partial charge in [-0.15, -0.1) is 0 Å². The lowest BCUT2D eigenvalue weighted by Gasteiger charge is -2.37. The minimum Gasteiger partial charge on any atom is -0.394 e. The van der Waals surface area contributed by atoms with Crippen molar-refractivity contribution in [2.45, 2.75) is 50.7 Å². The van der Waals surface area contributed by atoms with Gasteiger partial charge in [-0.05, 0) is 62.1 Å². The van der Waals surface area contributed by atoms with Crippen LogP contribution < -0.4 is 5.32 Å². The Morgan fingerprint density at radius 1 is 1.40 bits per heavy atom. The lowest BCUT2D eigenvalue weighted by molar-refractivity contribution is 0.0546. The van der Waals surface area contributed by atoms with Crippen LogP contribution in [-0.4, -0.2) is 29.0 Å². The predicted molar refractivity (Wildman–Crippen MR) is 79.7 cm³/mol. The summed E-state index contributed by atoms with van der Waals surface area (Å²) in [6, 6.07) is 6.43. The summed E-state index contributed by atoms with van der Waals surface area (Å²) in [5.74, 6) is 0.843. The molecule has 20 heavy (non-hydrogen) atoms. The first-order valence-corrected chi connectivity index (χ1v) is 7.57. The molecule has 1 aromatic rings. The lowest BCUT2D eigenvalue weighted by Crippen LogP contribution is -2.48. The van der Waals surface area contributed by atoms with Crippen molar-refractivity contribution in [3.63, 3.8) is 0 Å². The molecule has 1 heterocycles. The van der Waals surface area contributed by atoms with E-state index in [2.05, 4.69) is 30.4 Å². The van der Waals surface area contributed by atoms with Gasteiger partial charge in [0.2, 0.25) is 0 Å². The molecule has 110 valence electrons. The van der Waals surface area contributed by atoms with E-state index in [0.29, 0.717) is 11.8 Å². The molecule has 3 N–H and O–H groups in total. The number of benzene rings is 1. The van der Waals surface area contributed by atoms with Crippen LogP contribution in [-0.2, 0) is 12.0 Å². The highest BCUT2D eigenvalue weighted by Crippen LogP contribution is 2.54. The van der Waals surface area contributed by atoms with E-state index in [1.807, 2.05) is 13.8 Å². The van der Waals surface area contributed by atoms with Gasteiger partial charge in [0, 0.05) is 6.54 Å². The van der Waals surface area contributed by atoms with Crippen molar-refractivity contribution in [3.8, 4) is 0 Å². The van der Waals surface area contributed by atoms with Crippen LogP contribution >= 0.6 is 0 Å². The zero-order valence-corrected chi connectivity index (χ0v) is 12.6. The Bertz CT molecular complexity index is 520. The summed E-state index contributed by atoms with van der Waals surface area (Å²) in [5, 5.41) is 23.3. The van der Waals surface area contributed by atoms with Crippen molar-refractivity contribution >= 4 is 0 Å². The Labute approximate surface area is 121 Å². The average molecular weight is 275 g/mol. The van der Waals surface area contributed by atoms with Gasteiger partial charge in [-0.3, -0.25) is 0 Å². The zero-order chi connectivity index (χ0) is 14.5. The van der Waals surface area contributed by atoms with Crippen LogP contribution in [0.4, 0.5) is 0 Å². The highest BCUT2D eigenvalue weighted by Gasteiger charge is 2.49. The molecule has 3 atom stereocenters. The van der Waals surface area contributed by atoms with Gasteiger partial charge in [0.1, 0.15) is 0 Å². The maximum atomic E-state index is 10.2. The number of hydrogen-bond acceptors (Lipinski definition) is 3. The fraction of sp³-hybridized carbons (Fsp3) is 0.647. The van der Waals surface area contributed by atoms with Crippen LogP contribution in [0.5, 0.6) is 0 Å². The molecule has 2 aliphatic rings. The zero-order valence-electron chi connectivity index (χ0n) is 12.6. The minimum absolute atomic E-state index is 0.114. The second kappa shape index (κ2) is 4.55. The number of fused-ring (bicyclic) bond motifs is 1. The third-order valence-electron chi connectivity index (χ3n) is 5.11. The molecule has 0 radical (unpaired) electrons. The molecule has 0 spiro atoms. The van der Waals surface area contributed by atoms with Crippen LogP contribution in [0.2, 0.25) is 0 Å². The number of hydrogen-bond donors (Lipinski definition) is 3. The third-order valence-corrected chi connectivity index (χ3v) is 5.11.